The van der Waals surface area contributed by atoms with E-state index in [0.717, 1.165) is 11.1 Å². The van der Waals surface area contributed by atoms with Crippen molar-refractivity contribution in [2.24, 2.45) is 5.73 Å². The summed E-state index contributed by atoms with van der Waals surface area (Å²) in [6.07, 6.45) is 5.35. The van der Waals surface area contributed by atoms with Gasteiger partial charge in [-0.2, -0.15) is 0 Å². The third kappa shape index (κ3) is 3.41. The molecular formula is C13H16N2O. The van der Waals surface area contributed by atoms with Crippen molar-refractivity contribution in [2.45, 2.75) is 25.9 Å². The van der Waals surface area contributed by atoms with Gasteiger partial charge in [-0.1, -0.05) is 24.3 Å². The van der Waals surface area contributed by atoms with Crippen molar-refractivity contribution in [3.05, 3.63) is 35.4 Å². The van der Waals surface area contributed by atoms with E-state index in [4.69, 9.17) is 12.2 Å². The molecule has 0 spiro atoms. The number of terminal acetylenes is 1. The van der Waals surface area contributed by atoms with Gasteiger partial charge in [-0.25, -0.2) is 0 Å². The molecule has 1 rings (SSSR count). The Balaban J connectivity index is 2.50. The van der Waals surface area contributed by atoms with Gasteiger partial charge < -0.3 is 11.1 Å². The van der Waals surface area contributed by atoms with E-state index in [1.807, 2.05) is 31.2 Å². The third-order valence-corrected chi connectivity index (χ3v) is 2.39. The van der Waals surface area contributed by atoms with Crippen LogP contribution in [0.4, 0.5) is 0 Å². The molecule has 1 aromatic rings. The number of nitrogens with one attached hydrogen (secondary N) is 1. The summed E-state index contributed by atoms with van der Waals surface area (Å²) in [5, 5.41) is 2.76. The third-order valence-electron chi connectivity index (χ3n) is 2.39. The summed E-state index contributed by atoms with van der Waals surface area (Å²) >= 11 is 0. The first-order valence-electron chi connectivity index (χ1n) is 5.16. The maximum absolute atomic E-state index is 11.5. The zero-order valence-electron chi connectivity index (χ0n) is 9.36. The predicted molar refractivity (Wildman–Crippen MR) is 64.5 cm³/mol. The first-order valence-corrected chi connectivity index (χ1v) is 5.16. The van der Waals surface area contributed by atoms with Crippen LogP contribution >= 0.6 is 0 Å². The Morgan fingerprint density at radius 1 is 1.56 bits per heavy atom. The minimum atomic E-state index is -0.617. The van der Waals surface area contributed by atoms with E-state index in [1.165, 1.54) is 0 Å². The Labute approximate surface area is 96.0 Å². The Morgan fingerprint density at radius 2 is 2.25 bits per heavy atom. The van der Waals surface area contributed by atoms with Crippen molar-refractivity contribution >= 4 is 5.91 Å². The van der Waals surface area contributed by atoms with E-state index in [0.29, 0.717) is 6.54 Å². The van der Waals surface area contributed by atoms with Gasteiger partial charge in [0.05, 0.1) is 6.04 Å². The van der Waals surface area contributed by atoms with Crippen molar-refractivity contribution < 1.29 is 4.79 Å². The molecule has 0 saturated heterocycles. The molecule has 1 amide bonds. The lowest BCUT2D eigenvalue weighted by molar-refractivity contribution is -0.122. The average Bonchev–Trinajstić information content (AvgIpc) is 2.28. The van der Waals surface area contributed by atoms with Gasteiger partial charge in [-0.05, 0) is 18.1 Å². The minimum Gasteiger partial charge on any atom is -0.351 e. The highest BCUT2D eigenvalue weighted by molar-refractivity contribution is 5.81. The topological polar surface area (TPSA) is 55.1 Å². The summed E-state index contributed by atoms with van der Waals surface area (Å²) < 4.78 is 0. The molecular weight excluding hydrogens is 200 g/mol. The standard InChI is InChI=1S/C13H16N2O/c1-3-6-12(14)13(16)15-9-11-8-5-4-7-10(11)2/h1,4-5,7-8,12H,6,9,14H2,2H3,(H,15,16). The minimum absolute atomic E-state index is 0.207. The zero-order chi connectivity index (χ0) is 12.0. The highest BCUT2D eigenvalue weighted by Gasteiger charge is 2.11. The van der Waals surface area contributed by atoms with Crippen molar-refractivity contribution in [1.29, 1.82) is 0 Å². The van der Waals surface area contributed by atoms with Crippen molar-refractivity contribution in [2.75, 3.05) is 0 Å². The predicted octanol–water partition coefficient (Wildman–Crippen LogP) is 0.962. The number of hydrogen-bond acceptors (Lipinski definition) is 2. The second kappa shape index (κ2) is 5.94. The van der Waals surface area contributed by atoms with Gasteiger partial charge in [-0.3, -0.25) is 4.79 Å². The zero-order valence-corrected chi connectivity index (χ0v) is 9.36. The molecule has 84 valence electrons. The molecule has 0 aliphatic carbocycles. The first kappa shape index (κ1) is 12.3. The van der Waals surface area contributed by atoms with Crippen LogP contribution in [0.3, 0.4) is 0 Å². The van der Waals surface area contributed by atoms with Crippen LogP contribution in [0.1, 0.15) is 17.5 Å². The lowest BCUT2D eigenvalue weighted by Gasteiger charge is -2.11. The lowest BCUT2D eigenvalue weighted by Crippen LogP contribution is -2.39. The van der Waals surface area contributed by atoms with E-state index >= 15 is 0 Å². The van der Waals surface area contributed by atoms with Crippen LogP contribution in [0, 0.1) is 19.3 Å². The van der Waals surface area contributed by atoms with Crippen LogP contribution in [-0.2, 0) is 11.3 Å². The molecule has 3 nitrogen and oxygen atoms in total. The number of benzene rings is 1. The van der Waals surface area contributed by atoms with Crippen LogP contribution in [-0.4, -0.2) is 11.9 Å². The molecule has 0 aliphatic heterocycles. The number of aryl methyl sites for hydroxylation is 1. The molecule has 1 aromatic carbocycles. The number of hydrogen-bond donors (Lipinski definition) is 2. The van der Waals surface area contributed by atoms with Crippen LogP contribution < -0.4 is 11.1 Å². The Hall–Kier alpha value is -1.79. The van der Waals surface area contributed by atoms with E-state index < -0.39 is 6.04 Å². The maximum atomic E-state index is 11.5. The number of carbonyl (C=O) groups excluding carboxylic acids is 1. The van der Waals surface area contributed by atoms with E-state index in [2.05, 4.69) is 11.2 Å². The van der Waals surface area contributed by atoms with Gasteiger partial charge in [0.1, 0.15) is 0 Å². The van der Waals surface area contributed by atoms with Crippen molar-refractivity contribution in [1.82, 2.24) is 5.32 Å². The fourth-order valence-electron chi connectivity index (χ4n) is 1.34. The normalized spacial score (nSPS) is 11.6. The van der Waals surface area contributed by atoms with E-state index in [1.54, 1.807) is 0 Å². The van der Waals surface area contributed by atoms with Crippen molar-refractivity contribution in [3.63, 3.8) is 0 Å². The molecule has 3 N–H and O–H groups in total. The van der Waals surface area contributed by atoms with E-state index in [9.17, 15) is 4.79 Å². The van der Waals surface area contributed by atoms with Gasteiger partial charge in [-0.15, -0.1) is 12.3 Å². The number of nitrogens with two attached hydrogens (primary N) is 1. The van der Waals surface area contributed by atoms with Gasteiger partial charge in [0.2, 0.25) is 5.91 Å². The molecule has 1 unspecified atom stereocenters. The molecule has 1 atom stereocenters. The fraction of sp³-hybridized carbons (Fsp3) is 0.308. The molecule has 3 heteroatoms. The van der Waals surface area contributed by atoms with Crippen LogP contribution in [0.15, 0.2) is 24.3 Å². The lowest BCUT2D eigenvalue weighted by atomic mass is 10.1. The summed E-state index contributed by atoms with van der Waals surface area (Å²) in [7, 11) is 0. The first-order chi connectivity index (χ1) is 7.65. The summed E-state index contributed by atoms with van der Waals surface area (Å²) in [5.74, 6) is 2.16. The Morgan fingerprint density at radius 3 is 2.88 bits per heavy atom. The summed E-state index contributed by atoms with van der Waals surface area (Å²) in [5.41, 5.74) is 7.81. The van der Waals surface area contributed by atoms with Gasteiger partial charge in [0, 0.05) is 13.0 Å². The molecule has 0 radical (unpaired) electrons. The van der Waals surface area contributed by atoms with Gasteiger partial charge in [0.15, 0.2) is 0 Å². The maximum Gasteiger partial charge on any atom is 0.238 e. The largest absolute Gasteiger partial charge is 0.351 e. The fourth-order valence-corrected chi connectivity index (χ4v) is 1.34. The molecule has 0 fully saturated rings. The van der Waals surface area contributed by atoms with E-state index in [-0.39, 0.29) is 12.3 Å². The smallest absolute Gasteiger partial charge is 0.238 e. The summed E-state index contributed by atoms with van der Waals surface area (Å²) in [6, 6.07) is 7.26. The van der Waals surface area contributed by atoms with Crippen LogP contribution in [0.25, 0.3) is 0 Å². The van der Waals surface area contributed by atoms with Crippen LogP contribution in [0.5, 0.6) is 0 Å². The van der Waals surface area contributed by atoms with Gasteiger partial charge in [0.25, 0.3) is 0 Å². The monoisotopic (exact) mass is 216 g/mol. The molecule has 16 heavy (non-hydrogen) atoms. The summed E-state index contributed by atoms with van der Waals surface area (Å²) in [4.78, 5) is 11.5. The second-order valence-corrected chi connectivity index (χ2v) is 3.66. The quantitative estimate of drug-likeness (QED) is 0.737. The second-order valence-electron chi connectivity index (χ2n) is 3.66. The molecule has 0 aromatic heterocycles. The molecule has 0 aliphatic rings. The molecule has 0 saturated carbocycles. The molecule has 0 heterocycles. The number of carbonyl (C=O) groups is 1. The highest BCUT2D eigenvalue weighted by atomic mass is 16.2. The van der Waals surface area contributed by atoms with Gasteiger partial charge >= 0.3 is 0 Å². The van der Waals surface area contributed by atoms with Crippen molar-refractivity contribution in [3.8, 4) is 12.3 Å². The average molecular weight is 216 g/mol. The SMILES string of the molecule is C#CCC(N)C(=O)NCc1ccccc1C. The highest BCUT2D eigenvalue weighted by Crippen LogP contribution is 2.06. The number of rotatable bonds is 4. The van der Waals surface area contributed by atoms with Crippen LogP contribution in [0.2, 0.25) is 0 Å². The Kier molecular flexibility index (Phi) is 4.56. The Bertz CT molecular complexity index is 407. The number of amides is 1. The molecule has 0 bridgehead atoms. The summed E-state index contributed by atoms with van der Waals surface area (Å²) in [6.45, 7) is 2.49.